The van der Waals surface area contributed by atoms with Gasteiger partial charge < -0.3 is 23.4 Å². The Morgan fingerprint density at radius 1 is 0.976 bits per heavy atom. The van der Waals surface area contributed by atoms with Gasteiger partial charge in [-0.3, -0.25) is 0 Å². The SMILES string of the molecule is C=CCC/C=C/C(=O)OC/C(C)=C\[C@@H](C)[C@H](OCOC)C(CO[Si](c1ccccc1)(c1ccccc1)C(C)(C)C)OC. The standard InChI is InChI=1S/C35H50O6Si/c1-9-10-11-18-23-33(36)39-25-28(2)24-29(3)34(40-27-37-7)32(38-8)26-41-42(35(4,5)6,30-19-14-12-15-20-30)31-21-16-13-17-22-31/h9,12-24,29,32,34H,1,10-11,25-27H2,2-8H3/b23-18+,28-24-/t29-,32?,34+/m1/s1. The number of methoxy groups -OCH3 is 2. The molecular weight excluding hydrogens is 544 g/mol. The number of benzene rings is 2. The van der Waals surface area contributed by atoms with Crippen molar-refractivity contribution < 1.29 is 28.2 Å². The summed E-state index contributed by atoms with van der Waals surface area (Å²) in [5.41, 5.74) is 0.920. The van der Waals surface area contributed by atoms with Crippen LogP contribution in [0.4, 0.5) is 0 Å². The number of carbonyl (C=O) groups is 1. The highest BCUT2D eigenvalue weighted by Crippen LogP contribution is 2.37. The molecule has 7 heteroatoms. The molecule has 2 aromatic rings. The van der Waals surface area contributed by atoms with Crippen LogP contribution in [0.25, 0.3) is 0 Å². The van der Waals surface area contributed by atoms with Gasteiger partial charge in [-0.05, 0) is 40.8 Å². The van der Waals surface area contributed by atoms with Gasteiger partial charge in [-0.15, -0.1) is 6.58 Å². The van der Waals surface area contributed by atoms with Crippen LogP contribution in [-0.2, 0) is 28.2 Å². The molecular formula is C35H50O6Si. The van der Waals surface area contributed by atoms with E-state index in [4.69, 9.17) is 23.4 Å². The van der Waals surface area contributed by atoms with Crippen LogP contribution in [0.15, 0.2) is 97.1 Å². The molecule has 0 aromatic heterocycles. The van der Waals surface area contributed by atoms with Crippen molar-refractivity contribution in [3.63, 3.8) is 0 Å². The topological polar surface area (TPSA) is 63.2 Å². The van der Waals surface area contributed by atoms with Gasteiger partial charge in [-0.25, -0.2) is 4.79 Å². The van der Waals surface area contributed by atoms with Gasteiger partial charge >= 0.3 is 5.97 Å². The maximum atomic E-state index is 12.1. The number of allylic oxidation sites excluding steroid dienone is 2. The summed E-state index contributed by atoms with van der Waals surface area (Å²) < 4.78 is 30.1. The second-order valence-corrected chi connectivity index (χ2v) is 15.8. The van der Waals surface area contributed by atoms with Crippen molar-refractivity contribution in [2.75, 3.05) is 34.2 Å². The van der Waals surface area contributed by atoms with Gasteiger partial charge in [0.2, 0.25) is 0 Å². The molecule has 0 amide bonds. The van der Waals surface area contributed by atoms with E-state index in [0.29, 0.717) is 6.61 Å². The number of ether oxygens (including phenoxy) is 4. The quantitative estimate of drug-likeness (QED) is 0.0510. The molecule has 2 aromatic carbocycles. The first-order valence-electron chi connectivity index (χ1n) is 14.6. The maximum Gasteiger partial charge on any atom is 0.330 e. The first-order chi connectivity index (χ1) is 20.1. The van der Waals surface area contributed by atoms with Crippen molar-refractivity contribution in [1.29, 1.82) is 0 Å². The number of esters is 1. The number of hydrogen-bond acceptors (Lipinski definition) is 6. The summed E-state index contributed by atoms with van der Waals surface area (Å²) in [5.74, 6) is -0.435. The minimum Gasteiger partial charge on any atom is -0.458 e. The molecule has 3 atom stereocenters. The molecule has 42 heavy (non-hydrogen) atoms. The lowest BCUT2D eigenvalue weighted by molar-refractivity contribution is -0.140. The smallest absolute Gasteiger partial charge is 0.330 e. The van der Waals surface area contributed by atoms with E-state index in [2.05, 4.69) is 88.9 Å². The Kier molecular flexibility index (Phi) is 15.2. The van der Waals surface area contributed by atoms with E-state index >= 15 is 0 Å². The fraction of sp³-hybridized carbons (Fsp3) is 0.457. The zero-order chi connectivity index (χ0) is 31.0. The van der Waals surface area contributed by atoms with Crippen LogP contribution < -0.4 is 10.4 Å². The number of carbonyl (C=O) groups excluding carboxylic acids is 1. The van der Waals surface area contributed by atoms with Gasteiger partial charge in [-0.2, -0.15) is 0 Å². The van der Waals surface area contributed by atoms with Crippen LogP contribution in [0, 0.1) is 5.92 Å². The van der Waals surface area contributed by atoms with Crippen molar-refractivity contribution in [2.45, 2.75) is 64.7 Å². The number of rotatable bonds is 18. The lowest BCUT2D eigenvalue weighted by Gasteiger charge is -2.44. The Morgan fingerprint density at radius 3 is 2.07 bits per heavy atom. The van der Waals surface area contributed by atoms with Gasteiger partial charge in [0.25, 0.3) is 8.32 Å². The van der Waals surface area contributed by atoms with Crippen LogP contribution in [0.5, 0.6) is 0 Å². The zero-order valence-corrected chi connectivity index (χ0v) is 27.5. The predicted octanol–water partition coefficient (Wildman–Crippen LogP) is 6.22. The summed E-state index contributed by atoms with van der Waals surface area (Å²) in [4.78, 5) is 12.1. The van der Waals surface area contributed by atoms with Gasteiger partial charge in [0, 0.05) is 26.2 Å². The van der Waals surface area contributed by atoms with E-state index in [1.165, 1.54) is 16.4 Å². The fourth-order valence-corrected chi connectivity index (χ4v) is 9.80. The summed E-state index contributed by atoms with van der Waals surface area (Å²) in [5, 5.41) is 2.25. The van der Waals surface area contributed by atoms with Gasteiger partial charge in [0.1, 0.15) is 19.5 Å². The summed E-state index contributed by atoms with van der Waals surface area (Å²) in [6.45, 7) is 15.1. The molecule has 1 unspecified atom stereocenters. The molecule has 0 bridgehead atoms. The molecule has 0 heterocycles. The Hall–Kier alpha value is -2.81. The lowest BCUT2D eigenvalue weighted by Crippen LogP contribution is -2.67. The molecule has 0 aliphatic rings. The Morgan fingerprint density at radius 2 is 1.57 bits per heavy atom. The van der Waals surface area contributed by atoms with Crippen LogP contribution in [-0.4, -0.2) is 60.7 Å². The Balaban J connectivity index is 2.31. The summed E-state index contributed by atoms with van der Waals surface area (Å²) in [7, 11) is 0.524. The van der Waals surface area contributed by atoms with E-state index in [-0.39, 0.29) is 42.5 Å². The van der Waals surface area contributed by atoms with E-state index < -0.39 is 8.32 Å². The molecule has 0 N–H and O–H groups in total. The third-order valence-corrected chi connectivity index (χ3v) is 12.2. The Labute approximate surface area is 254 Å². The molecule has 0 radical (unpaired) electrons. The first kappa shape index (κ1) is 35.4. The van der Waals surface area contributed by atoms with Gasteiger partial charge in [0.15, 0.2) is 0 Å². The summed E-state index contributed by atoms with van der Waals surface area (Å²) in [6, 6.07) is 21.1. The average Bonchev–Trinajstić information content (AvgIpc) is 2.98. The third kappa shape index (κ3) is 10.2. The fourth-order valence-electron chi connectivity index (χ4n) is 5.23. The summed E-state index contributed by atoms with van der Waals surface area (Å²) >= 11 is 0. The minimum absolute atomic E-state index is 0.0744. The average molecular weight is 595 g/mol. The van der Waals surface area contributed by atoms with Crippen LogP contribution in [0.3, 0.4) is 0 Å². The van der Waals surface area contributed by atoms with Crippen molar-refractivity contribution in [3.05, 3.63) is 97.1 Å². The van der Waals surface area contributed by atoms with E-state index in [9.17, 15) is 4.79 Å². The third-order valence-electron chi connectivity index (χ3n) is 7.23. The highest BCUT2D eigenvalue weighted by Gasteiger charge is 2.50. The van der Waals surface area contributed by atoms with Crippen molar-refractivity contribution in [2.24, 2.45) is 5.92 Å². The van der Waals surface area contributed by atoms with Crippen LogP contribution in [0.1, 0.15) is 47.5 Å². The lowest BCUT2D eigenvalue weighted by atomic mass is 9.97. The molecule has 0 saturated carbocycles. The first-order valence-corrected chi connectivity index (χ1v) is 16.5. The molecule has 0 spiro atoms. The van der Waals surface area contributed by atoms with Crippen LogP contribution >= 0.6 is 0 Å². The van der Waals surface area contributed by atoms with Crippen molar-refractivity contribution in [3.8, 4) is 0 Å². The Bertz CT molecular complexity index is 1080. The zero-order valence-electron chi connectivity index (χ0n) is 26.5. The second-order valence-electron chi connectivity index (χ2n) is 11.5. The number of unbranched alkanes of at least 4 members (excludes halogenated alkanes) is 1. The highest BCUT2D eigenvalue weighted by atomic mass is 28.4. The summed E-state index contributed by atoms with van der Waals surface area (Å²) in [6.07, 6.45) is 7.99. The molecule has 230 valence electrons. The molecule has 0 saturated heterocycles. The maximum absolute atomic E-state index is 12.1. The molecule has 0 fully saturated rings. The van der Waals surface area contributed by atoms with Crippen molar-refractivity contribution in [1.82, 2.24) is 0 Å². The molecule has 2 rings (SSSR count). The van der Waals surface area contributed by atoms with Crippen LogP contribution in [0.2, 0.25) is 5.04 Å². The van der Waals surface area contributed by atoms with Gasteiger partial charge in [0.05, 0.1) is 12.7 Å². The highest BCUT2D eigenvalue weighted by molar-refractivity contribution is 6.99. The van der Waals surface area contributed by atoms with E-state index in [0.717, 1.165) is 18.4 Å². The molecule has 0 aliphatic carbocycles. The normalized spacial score (nSPS) is 14.9. The van der Waals surface area contributed by atoms with E-state index in [1.807, 2.05) is 25.1 Å². The predicted molar refractivity (Wildman–Crippen MR) is 174 cm³/mol. The molecule has 0 aliphatic heterocycles. The minimum atomic E-state index is -2.77. The van der Waals surface area contributed by atoms with Gasteiger partial charge in [-0.1, -0.05) is 107 Å². The number of hydrogen-bond donors (Lipinski definition) is 0. The monoisotopic (exact) mass is 594 g/mol. The van der Waals surface area contributed by atoms with Crippen molar-refractivity contribution >= 4 is 24.7 Å². The molecule has 6 nitrogen and oxygen atoms in total. The largest absolute Gasteiger partial charge is 0.458 e. The van der Waals surface area contributed by atoms with E-state index in [1.54, 1.807) is 20.3 Å². The second kappa shape index (κ2) is 18.0.